The number of carbonyl (C=O) groups excluding carboxylic acids is 2. The molecule has 4 heteroatoms. The SMILES string of the molecule is [C-]#[N+]C1=C[C@@]2(C)CN(C(C)=O)CC[C@@H]2C(C)(C)C1=O. The summed E-state index contributed by atoms with van der Waals surface area (Å²) in [4.78, 5) is 29.1. The standard InChI is InChI=1S/C15H20N2O2/c1-10(18)17-7-6-12-14(2,3)13(19)11(16-5)8-15(12,4)9-17/h8,12H,6-7,9H2,1-4H3/t12-,15+/m1/s1. The van der Waals surface area contributed by atoms with Gasteiger partial charge in [-0.2, -0.15) is 0 Å². The van der Waals surface area contributed by atoms with E-state index in [2.05, 4.69) is 11.8 Å². The van der Waals surface area contributed by atoms with Crippen molar-refractivity contribution in [3.8, 4) is 0 Å². The normalized spacial score (nSPS) is 33.2. The molecule has 102 valence electrons. The summed E-state index contributed by atoms with van der Waals surface area (Å²) in [5.41, 5.74) is -0.567. The molecule has 1 saturated heterocycles. The predicted octanol–water partition coefficient (Wildman–Crippen LogP) is 2.27. The summed E-state index contributed by atoms with van der Waals surface area (Å²) < 4.78 is 0. The molecule has 0 unspecified atom stereocenters. The van der Waals surface area contributed by atoms with E-state index in [1.807, 2.05) is 18.7 Å². The molecule has 0 aromatic carbocycles. The van der Waals surface area contributed by atoms with E-state index in [1.54, 1.807) is 13.0 Å². The number of fused-ring (bicyclic) bond motifs is 1. The zero-order chi connectivity index (χ0) is 14.4. The quantitative estimate of drug-likeness (QED) is 0.627. The minimum atomic E-state index is -0.522. The third kappa shape index (κ3) is 1.98. The first-order chi connectivity index (χ1) is 8.72. The van der Waals surface area contributed by atoms with Crippen molar-refractivity contribution in [1.29, 1.82) is 0 Å². The Bertz CT molecular complexity index is 513. The van der Waals surface area contributed by atoms with E-state index in [9.17, 15) is 9.59 Å². The molecule has 1 heterocycles. The molecule has 1 fully saturated rings. The smallest absolute Gasteiger partial charge is 0.226 e. The van der Waals surface area contributed by atoms with Crippen LogP contribution in [0.1, 0.15) is 34.1 Å². The van der Waals surface area contributed by atoms with Gasteiger partial charge in [0, 0.05) is 25.4 Å². The molecule has 0 aromatic rings. The zero-order valence-electron chi connectivity index (χ0n) is 12.0. The number of likely N-dealkylation sites (tertiary alicyclic amines) is 1. The van der Waals surface area contributed by atoms with Gasteiger partial charge >= 0.3 is 0 Å². The highest BCUT2D eigenvalue weighted by Gasteiger charge is 2.53. The van der Waals surface area contributed by atoms with Gasteiger partial charge in [0.2, 0.25) is 11.6 Å². The van der Waals surface area contributed by atoms with Crippen molar-refractivity contribution in [3.05, 3.63) is 23.2 Å². The Hall–Kier alpha value is -1.63. The van der Waals surface area contributed by atoms with Gasteiger partial charge in [0.15, 0.2) is 5.78 Å². The Morgan fingerprint density at radius 3 is 2.63 bits per heavy atom. The summed E-state index contributed by atoms with van der Waals surface area (Å²) in [7, 11) is 0. The van der Waals surface area contributed by atoms with Crippen molar-refractivity contribution in [1.82, 2.24) is 4.90 Å². The fraction of sp³-hybridized carbons (Fsp3) is 0.667. The molecule has 0 saturated carbocycles. The van der Waals surface area contributed by atoms with E-state index < -0.39 is 5.41 Å². The van der Waals surface area contributed by atoms with E-state index in [4.69, 9.17) is 6.57 Å². The van der Waals surface area contributed by atoms with Crippen LogP contribution < -0.4 is 0 Å². The molecular formula is C15H20N2O2. The summed E-state index contributed by atoms with van der Waals surface area (Å²) in [5.74, 6) is 0.196. The molecule has 2 atom stereocenters. The summed E-state index contributed by atoms with van der Waals surface area (Å²) >= 11 is 0. The van der Waals surface area contributed by atoms with Crippen molar-refractivity contribution < 1.29 is 9.59 Å². The van der Waals surface area contributed by atoms with Crippen LogP contribution in [0.15, 0.2) is 11.8 Å². The van der Waals surface area contributed by atoms with Crippen molar-refractivity contribution in [2.45, 2.75) is 34.1 Å². The lowest BCUT2D eigenvalue weighted by Gasteiger charge is -2.53. The third-order valence-electron chi connectivity index (χ3n) is 4.74. The van der Waals surface area contributed by atoms with Gasteiger partial charge in [-0.3, -0.25) is 4.79 Å². The fourth-order valence-corrected chi connectivity index (χ4v) is 3.76. The van der Waals surface area contributed by atoms with Gasteiger partial charge in [-0.25, -0.2) is 4.85 Å². The van der Waals surface area contributed by atoms with Crippen LogP contribution in [-0.4, -0.2) is 29.7 Å². The van der Waals surface area contributed by atoms with Crippen molar-refractivity contribution in [2.75, 3.05) is 13.1 Å². The molecule has 0 spiro atoms. The van der Waals surface area contributed by atoms with Crippen LogP contribution in [0.25, 0.3) is 4.85 Å². The molecule has 0 N–H and O–H groups in total. The molecular weight excluding hydrogens is 240 g/mol. The highest BCUT2D eigenvalue weighted by Crippen LogP contribution is 2.52. The van der Waals surface area contributed by atoms with Gasteiger partial charge in [-0.15, -0.1) is 0 Å². The number of amides is 1. The molecule has 0 radical (unpaired) electrons. The number of carbonyl (C=O) groups is 2. The van der Waals surface area contributed by atoms with Gasteiger partial charge in [0.05, 0.1) is 6.57 Å². The van der Waals surface area contributed by atoms with Gasteiger partial charge in [0.25, 0.3) is 0 Å². The molecule has 1 aliphatic heterocycles. The van der Waals surface area contributed by atoms with Crippen molar-refractivity contribution in [3.63, 3.8) is 0 Å². The lowest BCUT2D eigenvalue weighted by Crippen LogP contribution is -2.56. The number of allylic oxidation sites excluding steroid dienone is 1. The molecule has 1 aliphatic carbocycles. The van der Waals surface area contributed by atoms with E-state index in [-0.39, 0.29) is 28.7 Å². The number of hydrogen-bond donors (Lipinski definition) is 0. The second kappa shape index (κ2) is 4.19. The first kappa shape index (κ1) is 13.8. The maximum Gasteiger partial charge on any atom is 0.226 e. The number of nitrogens with zero attached hydrogens (tertiary/aromatic N) is 2. The average molecular weight is 260 g/mol. The molecule has 0 bridgehead atoms. The van der Waals surface area contributed by atoms with E-state index >= 15 is 0 Å². The van der Waals surface area contributed by atoms with E-state index in [0.717, 1.165) is 6.42 Å². The molecule has 2 rings (SSSR count). The average Bonchev–Trinajstić information content (AvgIpc) is 2.33. The zero-order valence-corrected chi connectivity index (χ0v) is 12.0. The first-order valence-corrected chi connectivity index (χ1v) is 6.63. The Morgan fingerprint density at radius 2 is 2.11 bits per heavy atom. The maximum absolute atomic E-state index is 12.3. The lowest BCUT2D eigenvalue weighted by atomic mass is 9.55. The highest BCUT2D eigenvalue weighted by atomic mass is 16.2. The van der Waals surface area contributed by atoms with Crippen LogP contribution in [0, 0.1) is 23.3 Å². The Labute approximate surface area is 114 Å². The summed E-state index contributed by atoms with van der Waals surface area (Å²) in [6, 6.07) is 0. The topological polar surface area (TPSA) is 41.7 Å². The Morgan fingerprint density at radius 1 is 1.47 bits per heavy atom. The summed E-state index contributed by atoms with van der Waals surface area (Å²) in [6.07, 6.45) is 2.62. The fourth-order valence-electron chi connectivity index (χ4n) is 3.76. The summed E-state index contributed by atoms with van der Waals surface area (Å²) in [5, 5.41) is 0. The highest BCUT2D eigenvalue weighted by molar-refractivity contribution is 6.02. The summed E-state index contributed by atoms with van der Waals surface area (Å²) in [6.45, 7) is 16.0. The second-order valence-corrected chi connectivity index (χ2v) is 6.48. The number of piperidine rings is 1. The van der Waals surface area contributed by atoms with E-state index in [1.165, 1.54) is 0 Å². The maximum atomic E-state index is 12.3. The molecule has 0 aromatic heterocycles. The molecule has 4 nitrogen and oxygen atoms in total. The second-order valence-electron chi connectivity index (χ2n) is 6.48. The number of Topliss-reactive ketones (excluding diaryl/α,β-unsaturated/α-hetero) is 1. The van der Waals surface area contributed by atoms with Crippen LogP contribution in [0.4, 0.5) is 0 Å². The Balaban J connectivity index is 2.47. The number of ketones is 1. The van der Waals surface area contributed by atoms with Crippen molar-refractivity contribution in [2.24, 2.45) is 16.7 Å². The first-order valence-electron chi connectivity index (χ1n) is 6.63. The van der Waals surface area contributed by atoms with Crippen molar-refractivity contribution >= 4 is 11.7 Å². The Kier molecular flexibility index (Phi) is 3.04. The monoisotopic (exact) mass is 260 g/mol. The minimum absolute atomic E-state index is 0.0544. The molecule has 2 aliphatic rings. The molecule has 1 amide bonds. The van der Waals surface area contributed by atoms with E-state index in [0.29, 0.717) is 13.1 Å². The van der Waals surface area contributed by atoms with Crippen LogP contribution in [-0.2, 0) is 9.59 Å². The minimum Gasteiger partial charge on any atom is -0.342 e. The largest absolute Gasteiger partial charge is 0.342 e. The predicted molar refractivity (Wildman–Crippen MR) is 71.9 cm³/mol. The van der Waals surface area contributed by atoms with Gasteiger partial charge in [-0.1, -0.05) is 26.8 Å². The number of rotatable bonds is 0. The van der Waals surface area contributed by atoms with Gasteiger partial charge in [0.1, 0.15) is 0 Å². The van der Waals surface area contributed by atoms with Gasteiger partial charge < -0.3 is 9.69 Å². The van der Waals surface area contributed by atoms with Crippen LogP contribution >= 0.6 is 0 Å². The lowest BCUT2D eigenvalue weighted by molar-refractivity contribution is -0.139. The van der Waals surface area contributed by atoms with Crippen LogP contribution in [0.5, 0.6) is 0 Å². The van der Waals surface area contributed by atoms with Crippen LogP contribution in [0.3, 0.4) is 0 Å². The van der Waals surface area contributed by atoms with Gasteiger partial charge in [-0.05, 0) is 17.8 Å². The number of hydrogen-bond acceptors (Lipinski definition) is 2. The van der Waals surface area contributed by atoms with Crippen LogP contribution in [0.2, 0.25) is 0 Å². The molecule has 19 heavy (non-hydrogen) atoms. The third-order valence-corrected chi connectivity index (χ3v) is 4.74.